The maximum absolute atomic E-state index is 11.7. The SMILES string of the molecule is C=CC(=O)CCCC(CCC)n1cc(-c2ccc(Oc3ccccc3)cc2)c2c(N)ncnc21. The highest BCUT2D eigenvalue weighted by molar-refractivity contribution is 6.00. The van der Waals surface area contributed by atoms with Gasteiger partial charge in [0.15, 0.2) is 5.78 Å². The zero-order valence-electron chi connectivity index (χ0n) is 19.5. The van der Waals surface area contributed by atoms with Crippen LogP contribution in [0.15, 0.2) is 79.8 Å². The molecule has 0 spiro atoms. The fourth-order valence-electron chi connectivity index (χ4n) is 4.30. The molecule has 4 rings (SSSR count). The zero-order valence-corrected chi connectivity index (χ0v) is 19.5. The van der Waals surface area contributed by atoms with Crippen molar-refractivity contribution in [1.82, 2.24) is 14.5 Å². The van der Waals surface area contributed by atoms with Crippen molar-refractivity contribution in [2.45, 2.75) is 45.1 Å². The number of nitrogens with two attached hydrogens (primary N) is 1. The number of para-hydroxylation sites is 1. The third-order valence-electron chi connectivity index (χ3n) is 5.99. The number of anilines is 1. The Morgan fingerprint density at radius 1 is 1.09 bits per heavy atom. The largest absolute Gasteiger partial charge is 0.457 e. The quantitative estimate of drug-likeness (QED) is 0.254. The van der Waals surface area contributed by atoms with Crippen LogP contribution in [0, 0.1) is 0 Å². The summed E-state index contributed by atoms with van der Waals surface area (Å²) in [6.07, 6.45) is 9.24. The molecular weight excluding hydrogens is 424 g/mol. The van der Waals surface area contributed by atoms with Crippen molar-refractivity contribution in [2.75, 3.05) is 5.73 Å². The number of nitrogens with zero attached hydrogens (tertiary/aromatic N) is 3. The number of ketones is 1. The molecule has 6 nitrogen and oxygen atoms in total. The summed E-state index contributed by atoms with van der Waals surface area (Å²) in [5.74, 6) is 2.10. The van der Waals surface area contributed by atoms with Gasteiger partial charge in [-0.3, -0.25) is 4.79 Å². The van der Waals surface area contributed by atoms with E-state index in [1.54, 1.807) is 0 Å². The van der Waals surface area contributed by atoms with E-state index in [-0.39, 0.29) is 11.8 Å². The lowest BCUT2D eigenvalue weighted by Crippen LogP contribution is -2.09. The Kier molecular flexibility index (Phi) is 7.38. The smallest absolute Gasteiger partial charge is 0.155 e. The van der Waals surface area contributed by atoms with Crippen molar-refractivity contribution in [3.63, 3.8) is 0 Å². The first kappa shape index (κ1) is 23.2. The van der Waals surface area contributed by atoms with Crippen molar-refractivity contribution in [1.29, 1.82) is 0 Å². The Morgan fingerprint density at radius 2 is 1.82 bits per heavy atom. The molecule has 0 bridgehead atoms. The van der Waals surface area contributed by atoms with E-state index in [0.717, 1.165) is 59.3 Å². The summed E-state index contributed by atoms with van der Waals surface area (Å²) < 4.78 is 8.15. The molecule has 1 unspecified atom stereocenters. The Morgan fingerprint density at radius 3 is 2.53 bits per heavy atom. The van der Waals surface area contributed by atoms with Crippen molar-refractivity contribution in [3.8, 4) is 22.6 Å². The average Bonchev–Trinajstić information content (AvgIpc) is 3.25. The Bertz CT molecular complexity index is 1260. The molecule has 0 saturated heterocycles. The minimum absolute atomic E-state index is 0.0812. The average molecular weight is 455 g/mol. The number of carbonyl (C=O) groups excluding carboxylic acids is 1. The maximum Gasteiger partial charge on any atom is 0.155 e. The second-order valence-corrected chi connectivity index (χ2v) is 8.35. The molecule has 0 radical (unpaired) electrons. The van der Waals surface area contributed by atoms with E-state index in [4.69, 9.17) is 10.5 Å². The van der Waals surface area contributed by atoms with Crippen LogP contribution in [0.1, 0.15) is 45.1 Å². The van der Waals surface area contributed by atoms with Crippen LogP contribution in [-0.2, 0) is 4.79 Å². The van der Waals surface area contributed by atoms with Gasteiger partial charge in [0.05, 0.1) is 5.39 Å². The molecule has 0 aliphatic carbocycles. The summed E-state index contributed by atoms with van der Waals surface area (Å²) in [5, 5.41) is 0.850. The van der Waals surface area contributed by atoms with Crippen LogP contribution >= 0.6 is 0 Å². The summed E-state index contributed by atoms with van der Waals surface area (Å²) in [6.45, 7) is 5.75. The number of ether oxygens (including phenoxy) is 1. The van der Waals surface area contributed by atoms with Gasteiger partial charge in [0.2, 0.25) is 0 Å². The molecule has 0 amide bonds. The fourth-order valence-corrected chi connectivity index (χ4v) is 4.30. The molecule has 0 aliphatic heterocycles. The second-order valence-electron chi connectivity index (χ2n) is 8.35. The topological polar surface area (TPSA) is 83.0 Å². The van der Waals surface area contributed by atoms with Gasteiger partial charge in [-0.1, -0.05) is 50.3 Å². The minimum atomic E-state index is 0.0812. The molecule has 2 aromatic carbocycles. The number of nitrogen functional groups attached to an aromatic ring is 1. The third-order valence-corrected chi connectivity index (χ3v) is 5.99. The van der Waals surface area contributed by atoms with Gasteiger partial charge in [-0.15, -0.1) is 0 Å². The molecule has 2 heterocycles. The molecule has 0 fully saturated rings. The fraction of sp³-hybridized carbons (Fsp3) is 0.250. The van der Waals surface area contributed by atoms with Crippen LogP contribution < -0.4 is 10.5 Å². The van der Waals surface area contributed by atoms with Crippen LogP contribution in [-0.4, -0.2) is 20.3 Å². The lowest BCUT2D eigenvalue weighted by molar-refractivity contribution is -0.114. The molecule has 1 atom stereocenters. The lowest BCUT2D eigenvalue weighted by Gasteiger charge is -2.19. The predicted molar refractivity (Wildman–Crippen MR) is 137 cm³/mol. The van der Waals surface area contributed by atoms with E-state index in [1.807, 2.05) is 54.6 Å². The summed E-state index contributed by atoms with van der Waals surface area (Å²) in [5.41, 5.74) is 9.15. The maximum atomic E-state index is 11.7. The van der Waals surface area contributed by atoms with E-state index in [9.17, 15) is 4.79 Å². The summed E-state index contributed by atoms with van der Waals surface area (Å²) in [6, 6.07) is 17.9. The van der Waals surface area contributed by atoms with Gasteiger partial charge in [0.25, 0.3) is 0 Å². The van der Waals surface area contributed by atoms with Crippen molar-refractivity contribution in [2.24, 2.45) is 0 Å². The van der Waals surface area contributed by atoms with Crippen LogP contribution in [0.4, 0.5) is 5.82 Å². The second kappa shape index (κ2) is 10.8. The highest BCUT2D eigenvalue weighted by atomic mass is 16.5. The standard InChI is InChI=1S/C28H30N4O2/c1-3-9-21(10-8-11-22(33)4-2)32-18-25(26-27(29)30-19-31-28(26)32)20-14-16-24(17-15-20)34-23-12-6-5-7-13-23/h4-7,12-19,21H,2-3,8-11H2,1H3,(H2,29,30,31). The predicted octanol–water partition coefficient (Wildman–Crippen LogP) is 6.74. The Balaban J connectivity index is 1.66. The molecule has 174 valence electrons. The number of benzene rings is 2. The molecular formula is C28H30N4O2. The van der Waals surface area contributed by atoms with Gasteiger partial charge < -0.3 is 15.0 Å². The number of hydrogen-bond donors (Lipinski definition) is 1. The first-order valence-corrected chi connectivity index (χ1v) is 11.7. The highest BCUT2D eigenvalue weighted by Gasteiger charge is 2.20. The third kappa shape index (κ3) is 5.17. The van der Waals surface area contributed by atoms with Crippen molar-refractivity contribution >= 4 is 22.6 Å². The number of fused-ring (bicyclic) bond motifs is 1. The highest BCUT2D eigenvalue weighted by Crippen LogP contribution is 2.37. The van der Waals surface area contributed by atoms with E-state index < -0.39 is 0 Å². The van der Waals surface area contributed by atoms with Crippen LogP contribution in [0.2, 0.25) is 0 Å². The van der Waals surface area contributed by atoms with Gasteiger partial charge in [-0.2, -0.15) is 0 Å². The van der Waals surface area contributed by atoms with Crippen LogP contribution in [0.3, 0.4) is 0 Å². The monoisotopic (exact) mass is 454 g/mol. The van der Waals surface area contributed by atoms with E-state index in [2.05, 4.69) is 34.2 Å². The van der Waals surface area contributed by atoms with E-state index >= 15 is 0 Å². The number of carbonyl (C=O) groups is 1. The zero-order chi connectivity index (χ0) is 23.9. The first-order valence-electron chi connectivity index (χ1n) is 11.7. The summed E-state index contributed by atoms with van der Waals surface area (Å²) in [4.78, 5) is 20.5. The number of hydrogen-bond acceptors (Lipinski definition) is 5. The van der Waals surface area contributed by atoms with Crippen LogP contribution in [0.5, 0.6) is 11.5 Å². The van der Waals surface area contributed by atoms with Crippen molar-refractivity contribution < 1.29 is 9.53 Å². The number of rotatable bonds is 11. The number of allylic oxidation sites excluding steroid dienone is 1. The van der Waals surface area contributed by atoms with E-state index in [0.29, 0.717) is 12.2 Å². The molecule has 0 saturated carbocycles. The summed E-state index contributed by atoms with van der Waals surface area (Å²) in [7, 11) is 0. The Labute approximate surface area is 200 Å². The molecule has 6 heteroatoms. The van der Waals surface area contributed by atoms with Gasteiger partial charge >= 0.3 is 0 Å². The first-order chi connectivity index (χ1) is 16.6. The summed E-state index contributed by atoms with van der Waals surface area (Å²) >= 11 is 0. The minimum Gasteiger partial charge on any atom is -0.457 e. The number of aromatic nitrogens is 3. The molecule has 2 N–H and O–H groups in total. The molecule has 4 aromatic rings. The van der Waals surface area contributed by atoms with Gasteiger partial charge in [-0.25, -0.2) is 9.97 Å². The Hall–Kier alpha value is -3.93. The van der Waals surface area contributed by atoms with Gasteiger partial charge in [-0.05, 0) is 55.2 Å². The lowest BCUT2D eigenvalue weighted by atomic mass is 10.0. The van der Waals surface area contributed by atoms with Gasteiger partial charge in [0, 0.05) is 24.2 Å². The molecule has 2 aromatic heterocycles. The molecule has 34 heavy (non-hydrogen) atoms. The molecule has 0 aliphatic rings. The van der Waals surface area contributed by atoms with Gasteiger partial charge in [0.1, 0.15) is 29.3 Å². The van der Waals surface area contributed by atoms with Crippen molar-refractivity contribution in [3.05, 3.63) is 79.8 Å². The normalized spacial score (nSPS) is 11.9. The van der Waals surface area contributed by atoms with E-state index in [1.165, 1.54) is 12.4 Å². The van der Waals surface area contributed by atoms with Crippen LogP contribution in [0.25, 0.3) is 22.2 Å².